The Hall–Kier alpha value is -5.48. The van der Waals surface area contributed by atoms with Gasteiger partial charge in [-0.1, -0.05) is 78.9 Å². The molecule has 1 N–H and O–H groups in total. The van der Waals surface area contributed by atoms with Crippen molar-refractivity contribution in [2.75, 3.05) is 0 Å². The van der Waals surface area contributed by atoms with Crippen LogP contribution in [0, 0.1) is 5.41 Å². The molecule has 9 rings (SSSR count). The predicted molar refractivity (Wildman–Crippen MR) is 167 cm³/mol. The second kappa shape index (κ2) is 7.78. The Labute approximate surface area is 229 Å². The second-order valence-electron chi connectivity index (χ2n) is 10.4. The van der Waals surface area contributed by atoms with E-state index in [0.717, 1.165) is 38.9 Å². The maximum Gasteiger partial charge on any atom is 0.164 e. The maximum atomic E-state index is 9.26. The van der Waals surface area contributed by atoms with Crippen molar-refractivity contribution in [3.8, 4) is 5.69 Å². The largest absolute Gasteiger partial charge is 0.309 e. The highest BCUT2D eigenvalue weighted by Gasteiger charge is 2.31. The van der Waals surface area contributed by atoms with Crippen LogP contribution >= 0.6 is 0 Å². The Morgan fingerprint density at radius 1 is 0.525 bits per heavy atom. The highest BCUT2D eigenvalue weighted by atomic mass is 15.1. The topological polar surface area (TPSA) is 46.1 Å². The van der Waals surface area contributed by atoms with E-state index in [-0.39, 0.29) is 0 Å². The summed E-state index contributed by atoms with van der Waals surface area (Å²) >= 11 is 0. The van der Waals surface area contributed by atoms with Gasteiger partial charge < -0.3 is 4.57 Å². The summed E-state index contributed by atoms with van der Waals surface area (Å²) in [5.41, 5.74) is 7.81. The Balaban J connectivity index is 1.51. The molecule has 0 atom stereocenters. The van der Waals surface area contributed by atoms with E-state index in [1.54, 1.807) is 0 Å². The van der Waals surface area contributed by atoms with Crippen molar-refractivity contribution in [1.82, 2.24) is 9.13 Å². The number of fused-ring (bicyclic) bond motifs is 8. The van der Waals surface area contributed by atoms with E-state index in [1.807, 2.05) is 30.3 Å². The lowest BCUT2D eigenvalue weighted by molar-refractivity contribution is 1.18. The molecule has 1 aliphatic rings. The van der Waals surface area contributed by atoms with Crippen molar-refractivity contribution >= 4 is 71.6 Å². The molecule has 6 aromatic carbocycles. The standard InChI is InChI=1S/C36H22N4/c37-34-29-19-22-11-7-8-16-25(22)33-28-20-27-26-17-9-10-18-30(26)39(24-14-5-2-6-15-24)31(27)21-32(28)40(35(29)33)36(34)38-23-12-3-1-4-13-23/h1-21,37H. The molecule has 0 radical (unpaired) electrons. The number of nitrogens with zero attached hydrogens (tertiary/aromatic N) is 3. The summed E-state index contributed by atoms with van der Waals surface area (Å²) < 4.78 is 4.57. The van der Waals surface area contributed by atoms with Gasteiger partial charge in [-0.15, -0.1) is 0 Å². The molecule has 1 aliphatic heterocycles. The van der Waals surface area contributed by atoms with Crippen molar-refractivity contribution in [1.29, 1.82) is 5.41 Å². The minimum atomic E-state index is 0.459. The first-order chi connectivity index (χ1) is 19.8. The second-order valence-corrected chi connectivity index (χ2v) is 10.4. The van der Waals surface area contributed by atoms with Gasteiger partial charge in [-0.05, 0) is 59.3 Å². The van der Waals surface area contributed by atoms with Crippen molar-refractivity contribution in [3.05, 3.63) is 133 Å². The fraction of sp³-hybridized carbons (Fsp3) is 0. The first-order valence-corrected chi connectivity index (χ1v) is 13.5. The SMILES string of the molecule is N=C1C(=Nc2ccccc2)n2c3cc4c(cc3c3c5ccccc5cc1c32)c1ccccc1n4-c1ccccc1. The number of nitrogens with one attached hydrogen (secondary N) is 1. The van der Waals surface area contributed by atoms with Gasteiger partial charge in [-0.2, -0.15) is 0 Å². The lowest BCUT2D eigenvalue weighted by Crippen LogP contribution is -2.15. The monoisotopic (exact) mass is 510 g/mol. The van der Waals surface area contributed by atoms with Crippen LogP contribution in [0.15, 0.2) is 132 Å². The van der Waals surface area contributed by atoms with Gasteiger partial charge in [0, 0.05) is 32.8 Å². The molecule has 3 heterocycles. The molecule has 4 heteroatoms. The van der Waals surface area contributed by atoms with Crippen LogP contribution in [0.4, 0.5) is 5.69 Å². The minimum Gasteiger partial charge on any atom is -0.309 e. The number of rotatable bonds is 2. The average Bonchev–Trinajstić information content (AvgIpc) is 3.61. The van der Waals surface area contributed by atoms with E-state index < -0.39 is 0 Å². The van der Waals surface area contributed by atoms with Gasteiger partial charge in [-0.25, -0.2) is 4.99 Å². The van der Waals surface area contributed by atoms with Crippen molar-refractivity contribution in [2.24, 2.45) is 4.99 Å². The summed E-state index contributed by atoms with van der Waals surface area (Å²) in [6.07, 6.45) is 0. The van der Waals surface area contributed by atoms with Gasteiger partial charge in [-0.3, -0.25) is 9.98 Å². The van der Waals surface area contributed by atoms with Crippen molar-refractivity contribution in [2.45, 2.75) is 0 Å². The molecule has 0 bridgehead atoms. The van der Waals surface area contributed by atoms with E-state index in [2.05, 4.69) is 106 Å². The molecule has 0 saturated carbocycles. The van der Waals surface area contributed by atoms with Crippen LogP contribution in [0.2, 0.25) is 0 Å². The molecule has 0 unspecified atom stereocenters. The van der Waals surface area contributed by atoms with Crippen LogP contribution in [-0.2, 0) is 0 Å². The van der Waals surface area contributed by atoms with E-state index in [0.29, 0.717) is 11.5 Å². The molecule has 0 saturated heterocycles. The van der Waals surface area contributed by atoms with Gasteiger partial charge in [0.15, 0.2) is 5.84 Å². The molecule has 2 aromatic heterocycles. The normalized spacial score (nSPS) is 14.1. The third kappa shape index (κ3) is 2.74. The zero-order valence-corrected chi connectivity index (χ0v) is 21.5. The molecule has 0 aliphatic carbocycles. The molecule has 186 valence electrons. The van der Waals surface area contributed by atoms with Gasteiger partial charge in [0.05, 0.1) is 27.8 Å². The van der Waals surface area contributed by atoms with E-state index in [4.69, 9.17) is 4.99 Å². The highest BCUT2D eigenvalue weighted by molar-refractivity contribution is 6.56. The number of hydrogen-bond acceptors (Lipinski definition) is 2. The van der Waals surface area contributed by atoms with Crippen molar-refractivity contribution in [3.63, 3.8) is 0 Å². The zero-order valence-electron chi connectivity index (χ0n) is 21.5. The van der Waals surface area contributed by atoms with Gasteiger partial charge in [0.25, 0.3) is 0 Å². The van der Waals surface area contributed by atoms with Gasteiger partial charge >= 0.3 is 0 Å². The van der Waals surface area contributed by atoms with E-state index >= 15 is 0 Å². The molecule has 4 nitrogen and oxygen atoms in total. The smallest absolute Gasteiger partial charge is 0.164 e. The predicted octanol–water partition coefficient (Wildman–Crippen LogP) is 9.00. The third-order valence-electron chi connectivity index (χ3n) is 8.26. The summed E-state index contributed by atoms with van der Waals surface area (Å²) in [6.45, 7) is 0. The van der Waals surface area contributed by atoms with Gasteiger partial charge in [0.1, 0.15) is 5.71 Å². The summed E-state index contributed by atoms with van der Waals surface area (Å²) in [5, 5.41) is 16.4. The van der Waals surface area contributed by atoms with Gasteiger partial charge in [0.2, 0.25) is 0 Å². The highest BCUT2D eigenvalue weighted by Crippen LogP contribution is 2.44. The minimum absolute atomic E-state index is 0.459. The summed E-state index contributed by atoms with van der Waals surface area (Å²) in [6, 6.07) is 44.5. The van der Waals surface area contributed by atoms with Crippen LogP contribution < -0.4 is 0 Å². The molecular weight excluding hydrogens is 488 g/mol. The van der Waals surface area contributed by atoms with E-state index in [9.17, 15) is 5.41 Å². The lowest BCUT2D eigenvalue weighted by atomic mass is 9.98. The third-order valence-corrected chi connectivity index (χ3v) is 8.26. The Kier molecular flexibility index (Phi) is 4.17. The number of aliphatic imine (C=N–C) groups is 1. The summed E-state index contributed by atoms with van der Waals surface area (Å²) in [7, 11) is 0. The Bertz CT molecular complexity index is 2370. The number of aromatic nitrogens is 2. The number of hydrogen-bond donors (Lipinski definition) is 1. The molecule has 8 aromatic rings. The van der Waals surface area contributed by atoms with Crippen LogP contribution in [0.25, 0.3) is 60.1 Å². The maximum absolute atomic E-state index is 9.26. The van der Waals surface area contributed by atoms with Crippen LogP contribution in [0.3, 0.4) is 0 Å². The Morgan fingerprint density at radius 3 is 2.02 bits per heavy atom. The van der Waals surface area contributed by atoms with Crippen LogP contribution in [0.5, 0.6) is 0 Å². The number of para-hydroxylation sites is 3. The summed E-state index contributed by atoms with van der Waals surface area (Å²) in [5.74, 6) is 0.665. The summed E-state index contributed by atoms with van der Waals surface area (Å²) in [4.78, 5) is 5.04. The first-order valence-electron chi connectivity index (χ1n) is 13.5. The lowest BCUT2D eigenvalue weighted by Gasteiger charge is -2.09. The number of benzene rings is 6. The fourth-order valence-electron chi connectivity index (χ4n) is 6.58. The first kappa shape index (κ1) is 21.5. The Morgan fingerprint density at radius 2 is 1.20 bits per heavy atom. The quantitative estimate of drug-likeness (QED) is 0.241. The van der Waals surface area contributed by atoms with Crippen LogP contribution in [0.1, 0.15) is 5.56 Å². The average molecular weight is 511 g/mol. The molecule has 0 amide bonds. The zero-order chi connectivity index (χ0) is 26.4. The van der Waals surface area contributed by atoms with E-state index in [1.165, 1.54) is 32.4 Å². The fourth-order valence-corrected chi connectivity index (χ4v) is 6.58. The van der Waals surface area contributed by atoms with Crippen LogP contribution in [-0.4, -0.2) is 20.7 Å². The molecule has 40 heavy (non-hydrogen) atoms. The molecular formula is C36H22N4. The molecule has 0 fully saturated rings. The molecule has 0 spiro atoms. The van der Waals surface area contributed by atoms with Crippen molar-refractivity contribution < 1.29 is 0 Å².